The first-order valence-corrected chi connectivity index (χ1v) is 6.09. The fourth-order valence-corrected chi connectivity index (χ4v) is 2.11. The largest absolute Gasteiger partial charge is 0.375 e. The molecule has 6 nitrogen and oxygen atoms in total. The predicted molar refractivity (Wildman–Crippen MR) is 68.5 cm³/mol. The molecule has 2 aromatic heterocycles. The van der Waals surface area contributed by atoms with Crippen LogP contribution in [0, 0.1) is 5.82 Å². The zero-order chi connectivity index (χ0) is 13.3. The summed E-state index contributed by atoms with van der Waals surface area (Å²) in [5, 5.41) is 2.01. The van der Waals surface area contributed by atoms with Crippen LogP contribution in [0.1, 0.15) is 5.69 Å². The predicted octanol–water partition coefficient (Wildman–Crippen LogP) is 1.24. The second-order valence-corrected chi connectivity index (χ2v) is 4.78. The number of anilines is 2. The Kier molecular flexibility index (Phi) is 3.48. The van der Waals surface area contributed by atoms with Crippen molar-refractivity contribution in [2.45, 2.75) is 6.54 Å². The van der Waals surface area contributed by atoms with Crippen molar-refractivity contribution < 1.29 is 4.39 Å². The molecule has 0 fully saturated rings. The maximum absolute atomic E-state index is 13.6. The molecule has 0 saturated carbocycles. The van der Waals surface area contributed by atoms with Crippen molar-refractivity contribution in [1.82, 2.24) is 15.0 Å². The number of nitrogen functional groups attached to an aromatic ring is 1. The maximum Gasteiger partial charge on any atom is 0.290 e. The number of H-pyrrole nitrogens is 1. The maximum atomic E-state index is 13.6. The van der Waals surface area contributed by atoms with Gasteiger partial charge in [0.25, 0.3) is 5.56 Å². The molecule has 0 radical (unpaired) electrons. The average Bonchev–Trinajstić information content (AvgIpc) is 2.69. The third-order valence-electron chi connectivity index (χ3n) is 2.15. The van der Waals surface area contributed by atoms with Crippen molar-refractivity contribution in [1.29, 1.82) is 0 Å². The molecule has 0 aromatic carbocycles. The van der Waals surface area contributed by atoms with E-state index in [0.717, 1.165) is 0 Å². The minimum Gasteiger partial charge on any atom is -0.375 e. The quantitative estimate of drug-likeness (QED) is 0.830. The van der Waals surface area contributed by atoms with Gasteiger partial charge in [0, 0.05) is 12.4 Å². The van der Waals surface area contributed by atoms with E-state index >= 15 is 0 Å². The van der Waals surface area contributed by atoms with E-state index in [1.54, 1.807) is 12.4 Å². The number of nitrogens with one attached hydrogen (secondary N) is 1. The minimum atomic E-state index is -0.981. The van der Waals surface area contributed by atoms with Gasteiger partial charge in [0.1, 0.15) is 0 Å². The van der Waals surface area contributed by atoms with Crippen LogP contribution in [0.15, 0.2) is 10.2 Å². The molecular formula is C9H9ClFN5OS. The van der Waals surface area contributed by atoms with Crippen molar-refractivity contribution in [3.8, 4) is 0 Å². The fraction of sp³-hybridized carbons (Fsp3) is 0.222. The number of halogens is 2. The number of hydrogen-bond donors (Lipinski definition) is 2. The molecule has 2 aromatic rings. The van der Waals surface area contributed by atoms with Crippen LogP contribution in [0.4, 0.5) is 15.3 Å². The van der Waals surface area contributed by atoms with Crippen LogP contribution in [0.5, 0.6) is 0 Å². The van der Waals surface area contributed by atoms with Gasteiger partial charge in [-0.3, -0.25) is 9.78 Å². The standard InChI is InChI=1S/C9H9ClFN5OS/c1-16(2-4-3-18-9(12)13-4)6-5(11)7(17)15-8(10)14-6/h3H,2H2,1H3,(H2,12,13)(H,14,15,17). The lowest BCUT2D eigenvalue weighted by atomic mass is 10.4. The second kappa shape index (κ2) is 4.91. The van der Waals surface area contributed by atoms with Crippen LogP contribution in [0.25, 0.3) is 0 Å². The van der Waals surface area contributed by atoms with Crippen molar-refractivity contribution in [3.63, 3.8) is 0 Å². The van der Waals surface area contributed by atoms with Gasteiger partial charge < -0.3 is 10.6 Å². The second-order valence-electron chi connectivity index (χ2n) is 3.53. The first-order chi connectivity index (χ1) is 8.47. The lowest BCUT2D eigenvalue weighted by molar-refractivity contribution is 0.594. The Hall–Kier alpha value is -1.67. The number of aromatic nitrogens is 3. The summed E-state index contributed by atoms with van der Waals surface area (Å²) in [4.78, 5) is 22.5. The molecular weight excluding hydrogens is 281 g/mol. The first kappa shape index (κ1) is 12.8. The SMILES string of the molecule is CN(Cc1csc(N)n1)c1nc(Cl)[nH]c(=O)c1F. The van der Waals surface area contributed by atoms with Gasteiger partial charge in [-0.25, -0.2) is 4.98 Å². The van der Waals surface area contributed by atoms with Gasteiger partial charge in [-0.1, -0.05) is 0 Å². The van der Waals surface area contributed by atoms with Crippen molar-refractivity contribution in [3.05, 3.63) is 32.5 Å². The molecule has 18 heavy (non-hydrogen) atoms. The van der Waals surface area contributed by atoms with Gasteiger partial charge in [0.2, 0.25) is 11.1 Å². The zero-order valence-corrected chi connectivity index (χ0v) is 10.8. The zero-order valence-electron chi connectivity index (χ0n) is 9.28. The van der Waals surface area contributed by atoms with Crippen LogP contribution in [0.2, 0.25) is 5.28 Å². The van der Waals surface area contributed by atoms with Gasteiger partial charge in [0.15, 0.2) is 10.9 Å². The minimum absolute atomic E-state index is 0.129. The number of thiazole rings is 1. The number of rotatable bonds is 3. The first-order valence-electron chi connectivity index (χ1n) is 4.83. The summed E-state index contributed by atoms with van der Waals surface area (Å²) in [5.41, 5.74) is 5.25. The Balaban J connectivity index is 2.29. The van der Waals surface area contributed by atoms with E-state index in [9.17, 15) is 9.18 Å². The average molecular weight is 290 g/mol. The van der Waals surface area contributed by atoms with Gasteiger partial charge in [-0.15, -0.1) is 11.3 Å². The summed E-state index contributed by atoms with van der Waals surface area (Å²) >= 11 is 6.86. The van der Waals surface area contributed by atoms with E-state index in [1.165, 1.54) is 16.2 Å². The summed E-state index contributed by atoms with van der Waals surface area (Å²) in [5.74, 6) is -1.11. The lowest BCUT2D eigenvalue weighted by Gasteiger charge is -2.16. The van der Waals surface area contributed by atoms with Crippen molar-refractivity contribution in [2.24, 2.45) is 0 Å². The molecule has 0 amide bonds. The smallest absolute Gasteiger partial charge is 0.290 e. The summed E-state index contributed by atoms with van der Waals surface area (Å²) in [6.07, 6.45) is 0. The van der Waals surface area contributed by atoms with Gasteiger partial charge >= 0.3 is 0 Å². The number of nitrogens with two attached hydrogens (primary N) is 1. The molecule has 0 aliphatic carbocycles. The van der Waals surface area contributed by atoms with Gasteiger partial charge in [-0.2, -0.15) is 9.37 Å². The van der Waals surface area contributed by atoms with Crippen molar-refractivity contribution in [2.75, 3.05) is 17.7 Å². The van der Waals surface area contributed by atoms with E-state index < -0.39 is 11.4 Å². The molecule has 0 saturated heterocycles. The monoisotopic (exact) mass is 289 g/mol. The topological polar surface area (TPSA) is 87.9 Å². The van der Waals surface area contributed by atoms with E-state index in [4.69, 9.17) is 17.3 Å². The van der Waals surface area contributed by atoms with E-state index in [1.807, 2.05) is 0 Å². The normalized spacial score (nSPS) is 10.6. The Morgan fingerprint density at radius 2 is 2.33 bits per heavy atom. The fourth-order valence-electron chi connectivity index (χ4n) is 1.39. The number of hydrogen-bond acceptors (Lipinski definition) is 6. The van der Waals surface area contributed by atoms with Crippen LogP contribution in [-0.2, 0) is 6.54 Å². The Labute approximate surface area is 110 Å². The Morgan fingerprint density at radius 3 is 2.94 bits per heavy atom. The van der Waals surface area contributed by atoms with Crippen LogP contribution < -0.4 is 16.2 Å². The highest BCUT2D eigenvalue weighted by atomic mass is 35.5. The Morgan fingerprint density at radius 1 is 1.61 bits per heavy atom. The summed E-state index contributed by atoms with van der Waals surface area (Å²) in [6.45, 7) is 0.275. The van der Waals surface area contributed by atoms with Gasteiger partial charge in [0.05, 0.1) is 12.2 Å². The molecule has 0 atom stereocenters. The number of aromatic amines is 1. The third-order valence-corrected chi connectivity index (χ3v) is 3.05. The molecule has 0 spiro atoms. The van der Waals surface area contributed by atoms with Crippen LogP contribution >= 0.6 is 22.9 Å². The van der Waals surface area contributed by atoms with E-state index in [0.29, 0.717) is 10.8 Å². The third kappa shape index (κ3) is 2.59. The molecule has 2 heterocycles. The Bertz CT molecular complexity index is 628. The summed E-state index contributed by atoms with van der Waals surface area (Å²) in [6, 6.07) is 0. The van der Waals surface area contributed by atoms with Crippen molar-refractivity contribution >= 4 is 33.9 Å². The highest BCUT2D eigenvalue weighted by Gasteiger charge is 2.15. The molecule has 9 heteroatoms. The van der Waals surface area contributed by atoms with Crippen LogP contribution in [-0.4, -0.2) is 22.0 Å². The van der Waals surface area contributed by atoms with Gasteiger partial charge in [-0.05, 0) is 11.6 Å². The van der Waals surface area contributed by atoms with Crippen LogP contribution in [0.3, 0.4) is 0 Å². The summed E-state index contributed by atoms with van der Waals surface area (Å²) in [7, 11) is 1.58. The summed E-state index contributed by atoms with van der Waals surface area (Å²) < 4.78 is 13.6. The number of nitrogens with zero attached hydrogens (tertiary/aromatic N) is 3. The molecule has 0 unspecified atom stereocenters. The molecule has 0 aliphatic rings. The molecule has 0 aliphatic heterocycles. The highest BCUT2D eigenvalue weighted by molar-refractivity contribution is 7.13. The molecule has 96 valence electrons. The van der Waals surface area contributed by atoms with E-state index in [-0.39, 0.29) is 17.6 Å². The highest BCUT2D eigenvalue weighted by Crippen LogP contribution is 2.18. The lowest BCUT2D eigenvalue weighted by Crippen LogP contribution is -2.24. The van der Waals surface area contributed by atoms with E-state index in [2.05, 4.69) is 15.0 Å². The molecule has 2 rings (SSSR count). The molecule has 3 N–H and O–H groups in total. The molecule has 0 bridgehead atoms.